The molecule has 0 saturated heterocycles. The third-order valence-corrected chi connectivity index (χ3v) is 8.25. The molecule has 0 aliphatic heterocycles. The number of hydrogen-bond acceptors (Lipinski definition) is 9. The molecule has 0 fully saturated rings. The molecule has 5 aromatic rings. The van der Waals surface area contributed by atoms with Crippen LogP contribution in [0.5, 0.6) is 5.75 Å². The van der Waals surface area contributed by atoms with E-state index in [9.17, 15) is 8.42 Å². The second-order valence-electron chi connectivity index (χ2n) is 8.93. The summed E-state index contributed by atoms with van der Waals surface area (Å²) in [5, 5.41) is 10.3. The van der Waals surface area contributed by atoms with Crippen molar-refractivity contribution in [3.63, 3.8) is 0 Å². The number of nitrogens with one attached hydrogen (secondary N) is 2. The van der Waals surface area contributed by atoms with Crippen molar-refractivity contribution in [3.05, 3.63) is 93.5 Å². The lowest BCUT2D eigenvalue weighted by Crippen LogP contribution is -2.21. The fraction of sp³-hybridized carbons (Fsp3) is 0.179. The predicted molar refractivity (Wildman–Crippen MR) is 160 cm³/mol. The molecule has 0 saturated carbocycles. The summed E-state index contributed by atoms with van der Waals surface area (Å²) in [4.78, 5) is 13.6. The fourth-order valence-corrected chi connectivity index (χ4v) is 5.64. The molecule has 0 aliphatic rings. The van der Waals surface area contributed by atoms with Gasteiger partial charge in [-0.25, -0.2) is 23.4 Å². The molecule has 2 N–H and O–H groups in total. The molecule has 0 aliphatic carbocycles. The van der Waals surface area contributed by atoms with E-state index in [0.29, 0.717) is 25.5 Å². The van der Waals surface area contributed by atoms with Gasteiger partial charge in [-0.2, -0.15) is 0 Å². The number of aromatic nitrogens is 3. The lowest BCUT2D eigenvalue weighted by molar-refractivity contribution is 0.304. The second kappa shape index (κ2) is 12.2. The SMILES string of the molecule is CS(=O)(=O)CCNCc1nc(-c2ccc3ncnc(Nc4ccc(OCc5ccccc5)c(Br)c4)c3c2)cs1. The average Bonchev–Trinajstić information content (AvgIpc) is 3.40. The van der Waals surface area contributed by atoms with Gasteiger partial charge in [0, 0.05) is 41.4 Å². The van der Waals surface area contributed by atoms with E-state index < -0.39 is 9.84 Å². The van der Waals surface area contributed by atoms with Crippen LogP contribution in [0.4, 0.5) is 11.5 Å². The van der Waals surface area contributed by atoms with Gasteiger partial charge in [0.1, 0.15) is 39.3 Å². The minimum absolute atomic E-state index is 0.103. The van der Waals surface area contributed by atoms with E-state index in [2.05, 4.69) is 36.5 Å². The number of hydrogen-bond donors (Lipinski definition) is 2. The van der Waals surface area contributed by atoms with E-state index in [1.165, 1.54) is 17.6 Å². The Bertz CT molecular complexity index is 1690. The highest BCUT2D eigenvalue weighted by Crippen LogP contribution is 2.32. The summed E-state index contributed by atoms with van der Waals surface area (Å²) in [7, 11) is -2.99. The average molecular weight is 625 g/mol. The van der Waals surface area contributed by atoms with Crippen molar-refractivity contribution in [2.75, 3.05) is 23.9 Å². The van der Waals surface area contributed by atoms with E-state index in [4.69, 9.17) is 9.72 Å². The van der Waals surface area contributed by atoms with Crippen LogP contribution in [0.1, 0.15) is 10.6 Å². The maximum atomic E-state index is 11.3. The second-order valence-corrected chi connectivity index (χ2v) is 13.0. The zero-order chi connectivity index (χ0) is 27.2. The van der Waals surface area contributed by atoms with E-state index in [1.807, 2.05) is 72.1 Å². The van der Waals surface area contributed by atoms with Crippen molar-refractivity contribution in [2.24, 2.45) is 0 Å². The molecule has 0 amide bonds. The summed E-state index contributed by atoms with van der Waals surface area (Å²) >= 11 is 5.15. The van der Waals surface area contributed by atoms with Gasteiger partial charge >= 0.3 is 0 Å². The van der Waals surface area contributed by atoms with Gasteiger partial charge in [0.25, 0.3) is 0 Å². The largest absolute Gasteiger partial charge is 0.488 e. The Morgan fingerprint density at radius 1 is 1.03 bits per heavy atom. The Balaban J connectivity index is 1.30. The fourth-order valence-electron chi connectivity index (χ4n) is 3.86. The molecule has 200 valence electrons. The van der Waals surface area contributed by atoms with Crippen molar-refractivity contribution in [2.45, 2.75) is 13.2 Å². The molecule has 11 heteroatoms. The van der Waals surface area contributed by atoms with E-state index >= 15 is 0 Å². The van der Waals surface area contributed by atoms with Gasteiger partial charge in [-0.1, -0.05) is 36.4 Å². The molecule has 8 nitrogen and oxygen atoms in total. The summed E-state index contributed by atoms with van der Waals surface area (Å²) < 4.78 is 29.4. The molecule has 0 spiro atoms. The highest BCUT2D eigenvalue weighted by atomic mass is 79.9. The number of ether oxygens (including phenoxy) is 1. The maximum absolute atomic E-state index is 11.3. The Hall–Kier alpha value is -3.38. The van der Waals surface area contributed by atoms with Crippen molar-refractivity contribution < 1.29 is 13.2 Å². The van der Waals surface area contributed by atoms with Crippen LogP contribution in [0, 0.1) is 0 Å². The number of thiazole rings is 1. The summed E-state index contributed by atoms with van der Waals surface area (Å²) in [6, 6.07) is 21.8. The van der Waals surface area contributed by atoms with Crippen LogP contribution in [0.3, 0.4) is 0 Å². The van der Waals surface area contributed by atoms with Crippen LogP contribution in [0.25, 0.3) is 22.2 Å². The van der Waals surface area contributed by atoms with Gasteiger partial charge in [0.15, 0.2) is 0 Å². The quantitative estimate of drug-likeness (QED) is 0.173. The topological polar surface area (TPSA) is 106 Å². The number of anilines is 2. The molecule has 39 heavy (non-hydrogen) atoms. The van der Waals surface area contributed by atoms with Gasteiger partial charge in [-0.3, -0.25) is 0 Å². The molecule has 0 radical (unpaired) electrons. The molecule has 0 bridgehead atoms. The number of sulfone groups is 1. The Morgan fingerprint density at radius 3 is 2.67 bits per heavy atom. The number of rotatable bonds is 11. The van der Waals surface area contributed by atoms with E-state index in [1.54, 1.807) is 6.33 Å². The zero-order valence-electron chi connectivity index (χ0n) is 21.1. The van der Waals surface area contributed by atoms with Crippen molar-refractivity contribution in [3.8, 4) is 17.0 Å². The molecule has 2 heterocycles. The monoisotopic (exact) mass is 623 g/mol. The highest BCUT2D eigenvalue weighted by Gasteiger charge is 2.11. The van der Waals surface area contributed by atoms with E-state index in [0.717, 1.165) is 48.6 Å². The number of fused-ring (bicyclic) bond motifs is 1. The maximum Gasteiger partial charge on any atom is 0.148 e. The smallest absolute Gasteiger partial charge is 0.148 e. The van der Waals surface area contributed by atoms with Gasteiger partial charge in [-0.15, -0.1) is 11.3 Å². The third kappa shape index (κ3) is 7.39. The standard InChI is InChI=1S/C28H26BrN5O3S2/c1-39(35,36)12-11-30-15-27-34-25(17-38-27)20-7-9-24-22(13-20)28(32-18-31-24)33-21-8-10-26(23(29)14-21)37-16-19-5-3-2-4-6-19/h2-10,13-14,17-18,30H,11-12,15-16H2,1H3,(H,31,32,33). The van der Waals surface area contributed by atoms with Crippen LogP contribution >= 0.6 is 27.3 Å². The van der Waals surface area contributed by atoms with Crippen LogP contribution in [-0.2, 0) is 23.0 Å². The number of nitrogens with zero attached hydrogens (tertiary/aromatic N) is 3. The first-order chi connectivity index (χ1) is 18.8. The first-order valence-corrected chi connectivity index (χ1v) is 15.9. The van der Waals surface area contributed by atoms with Crippen molar-refractivity contribution >= 4 is 59.5 Å². The molecular formula is C28H26BrN5O3S2. The number of halogens is 1. The Kier molecular flexibility index (Phi) is 8.51. The summed E-state index contributed by atoms with van der Waals surface area (Å²) in [5.41, 5.74) is 4.57. The molecule has 5 rings (SSSR count). The minimum atomic E-state index is -2.99. The molecule has 3 aromatic carbocycles. The minimum Gasteiger partial charge on any atom is -0.488 e. The zero-order valence-corrected chi connectivity index (χ0v) is 24.3. The molecular weight excluding hydrogens is 598 g/mol. The van der Waals surface area contributed by atoms with E-state index in [-0.39, 0.29) is 5.75 Å². The first kappa shape index (κ1) is 27.2. The molecule has 0 atom stereocenters. The van der Waals surface area contributed by atoms with Gasteiger partial charge in [0.05, 0.1) is 21.4 Å². The first-order valence-electron chi connectivity index (χ1n) is 12.2. The lowest BCUT2D eigenvalue weighted by Gasteiger charge is -2.12. The lowest BCUT2D eigenvalue weighted by atomic mass is 10.1. The van der Waals surface area contributed by atoms with Crippen molar-refractivity contribution in [1.29, 1.82) is 0 Å². The van der Waals surface area contributed by atoms with Crippen molar-refractivity contribution in [1.82, 2.24) is 20.3 Å². The third-order valence-electron chi connectivity index (χ3n) is 5.84. The highest BCUT2D eigenvalue weighted by molar-refractivity contribution is 9.10. The van der Waals surface area contributed by atoms with Gasteiger partial charge < -0.3 is 15.4 Å². The summed E-state index contributed by atoms with van der Waals surface area (Å²) in [5.74, 6) is 1.54. The Labute approximate surface area is 239 Å². The van der Waals surface area contributed by atoms with Crippen LogP contribution in [-0.4, -0.2) is 41.9 Å². The van der Waals surface area contributed by atoms with Crippen LogP contribution in [0.15, 0.2) is 82.9 Å². The summed E-state index contributed by atoms with van der Waals surface area (Å²) in [6.07, 6.45) is 2.78. The van der Waals surface area contributed by atoms with Crippen LogP contribution in [0.2, 0.25) is 0 Å². The number of benzene rings is 3. The van der Waals surface area contributed by atoms with Gasteiger partial charge in [0.2, 0.25) is 0 Å². The predicted octanol–water partition coefficient (Wildman–Crippen LogP) is 5.97. The van der Waals surface area contributed by atoms with Gasteiger partial charge in [-0.05, 0) is 51.8 Å². The molecule has 0 unspecified atom stereocenters. The normalized spacial score (nSPS) is 11.5. The Morgan fingerprint density at radius 2 is 1.87 bits per heavy atom. The molecule has 2 aromatic heterocycles. The van der Waals surface area contributed by atoms with Crippen LogP contribution < -0.4 is 15.4 Å². The summed E-state index contributed by atoms with van der Waals surface area (Å²) in [6.45, 7) is 1.40.